The maximum Gasteiger partial charge on any atom is 0.240 e. The first kappa shape index (κ1) is 16.5. The van der Waals surface area contributed by atoms with Gasteiger partial charge in [0.1, 0.15) is 11.4 Å². The van der Waals surface area contributed by atoms with Crippen LogP contribution < -0.4 is 4.90 Å². The summed E-state index contributed by atoms with van der Waals surface area (Å²) in [6, 6.07) is 17.6. The normalized spacial score (nSPS) is 12.1. The van der Waals surface area contributed by atoms with Gasteiger partial charge in [-0.2, -0.15) is 0 Å². The third kappa shape index (κ3) is 3.41. The molecule has 0 saturated carbocycles. The molecule has 3 rings (SSSR count). The van der Waals surface area contributed by atoms with Crippen molar-refractivity contribution in [2.75, 3.05) is 11.4 Å². The fourth-order valence-corrected chi connectivity index (χ4v) is 3.56. The number of carbonyl (C=O) groups is 1. The number of carbonyl (C=O) groups excluding carboxylic acids is 1. The lowest BCUT2D eigenvalue weighted by Crippen LogP contribution is -2.36. The van der Waals surface area contributed by atoms with Crippen molar-refractivity contribution in [2.24, 2.45) is 0 Å². The van der Waals surface area contributed by atoms with Crippen LogP contribution in [0.3, 0.4) is 0 Å². The minimum absolute atomic E-state index is 0.0800. The van der Waals surface area contributed by atoms with E-state index in [9.17, 15) is 4.79 Å². The van der Waals surface area contributed by atoms with E-state index >= 15 is 0 Å². The van der Waals surface area contributed by atoms with Crippen molar-refractivity contribution in [3.63, 3.8) is 0 Å². The number of fused-ring (bicyclic) bond motifs is 1. The van der Waals surface area contributed by atoms with Gasteiger partial charge in [0.05, 0.1) is 10.8 Å². The molecule has 0 aliphatic heterocycles. The van der Waals surface area contributed by atoms with Crippen molar-refractivity contribution >= 4 is 34.3 Å². The van der Waals surface area contributed by atoms with E-state index in [0.29, 0.717) is 6.54 Å². The maximum absolute atomic E-state index is 12.9. The lowest BCUT2D eigenvalue weighted by atomic mass is 10.2. The summed E-state index contributed by atoms with van der Waals surface area (Å²) in [4.78, 5) is 23.3. The summed E-state index contributed by atoms with van der Waals surface area (Å²) in [7, 11) is 0. The van der Waals surface area contributed by atoms with Gasteiger partial charge in [0.2, 0.25) is 5.91 Å². The van der Waals surface area contributed by atoms with Gasteiger partial charge in [-0.1, -0.05) is 48.2 Å². The fourth-order valence-electron chi connectivity index (χ4n) is 2.58. The molecule has 4 nitrogen and oxygen atoms in total. The van der Waals surface area contributed by atoms with E-state index in [4.69, 9.17) is 0 Å². The molecule has 0 bridgehead atoms. The summed E-state index contributed by atoms with van der Waals surface area (Å²) < 4.78 is 0. The second-order valence-corrected chi connectivity index (χ2v) is 6.70. The Labute approximate surface area is 145 Å². The molecule has 122 valence electrons. The lowest BCUT2D eigenvalue weighted by molar-refractivity contribution is -0.117. The fraction of sp³-hybridized carbons (Fsp3) is 0.211. The molecule has 0 radical (unpaired) electrons. The van der Waals surface area contributed by atoms with Gasteiger partial charge in [-0.25, -0.2) is 9.97 Å². The molecule has 0 aliphatic carbocycles. The molecule has 2 aromatic carbocycles. The van der Waals surface area contributed by atoms with Crippen LogP contribution in [0.1, 0.15) is 13.8 Å². The predicted molar refractivity (Wildman–Crippen MR) is 99.3 cm³/mol. The van der Waals surface area contributed by atoms with Gasteiger partial charge in [-0.05, 0) is 32.0 Å². The van der Waals surface area contributed by atoms with Crippen LogP contribution in [-0.4, -0.2) is 27.7 Å². The molecule has 1 atom stereocenters. The Morgan fingerprint density at radius 1 is 1.08 bits per heavy atom. The first-order valence-corrected chi connectivity index (χ1v) is 8.81. The number of amides is 1. The molecular weight excluding hydrogens is 318 g/mol. The molecule has 1 heterocycles. The number of para-hydroxylation sites is 2. The van der Waals surface area contributed by atoms with Gasteiger partial charge in [-0.15, -0.1) is 0 Å². The Balaban J connectivity index is 1.83. The number of aromatic nitrogens is 2. The summed E-state index contributed by atoms with van der Waals surface area (Å²) in [6.07, 6.45) is 1.55. The highest BCUT2D eigenvalue weighted by Gasteiger charge is 2.22. The van der Waals surface area contributed by atoms with Gasteiger partial charge >= 0.3 is 0 Å². The zero-order chi connectivity index (χ0) is 16.9. The molecule has 1 aromatic heterocycles. The quantitative estimate of drug-likeness (QED) is 0.518. The minimum Gasteiger partial charge on any atom is -0.312 e. The van der Waals surface area contributed by atoms with E-state index in [2.05, 4.69) is 9.97 Å². The van der Waals surface area contributed by atoms with E-state index in [-0.39, 0.29) is 11.2 Å². The molecule has 0 unspecified atom stereocenters. The molecule has 5 heteroatoms. The van der Waals surface area contributed by atoms with E-state index in [0.717, 1.165) is 21.6 Å². The monoisotopic (exact) mass is 337 g/mol. The van der Waals surface area contributed by atoms with Gasteiger partial charge in [0.15, 0.2) is 0 Å². The molecular formula is C19H19N3OS. The first-order valence-electron chi connectivity index (χ1n) is 7.93. The highest BCUT2D eigenvalue weighted by molar-refractivity contribution is 8.00. The van der Waals surface area contributed by atoms with E-state index in [1.807, 2.05) is 68.4 Å². The average Bonchev–Trinajstić information content (AvgIpc) is 2.63. The molecule has 3 aromatic rings. The second-order valence-electron chi connectivity index (χ2n) is 5.37. The minimum atomic E-state index is -0.233. The molecule has 0 spiro atoms. The number of benzene rings is 2. The van der Waals surface area contributed by atoms with Gasteiger partial charge in [-0.3, -0.25) is 4.79 Å². The third-order valence-electron chi connectivity index (χ3n) is 3.79. The Morgan fingerprint density at radius 3 is 2.54 bits per heavy atom. The Hall–Kier alpha value is -2.40. The second kappa shape index (κ2) is 7.45. The average molecular weight is 337 g/mol. The summed E-state index contributed by atoms with van der Waals surface area (Å²) in [5.74, 6) is 0.0800. The van der Waals surface area contributed by atoms with Crippen LogP contribution >= 0.6 is 11.8 Å². The van der Waals surface area contributed by atoms with Crippen LogP contribution in [0.5, 0.6) is 0 Å². The molecule has 0 fully saturated rings. The van der Waals surface area contributed by atoms with Crippen molar-refractivity contribution in [1.82, 2.24) is 9.97 Å². The predicted octanol–water partition coefficient (Wildman–Crippen LogP) is 4.16. The molecule has 0 N–H and O–H groups in total. The van der Waals surface area contributed by atoms with Crippen molar-refractivity contribution in [3.05, 3.63) is 60.9 Å². The molecule has 0 saturated heterocycles. The van der Waals surface area contributed by atoms with Crippen molar-refractivity contribution in [1.29, 1.82) is 0 Å². The topological polar surface area (TPSA) is 46.1 Å². The zero-order valence-corrected chi connectivity index (χ0v) is 14.5. The molecule has 1 amide bonds. The van der Waals surface area contributed by atoms with Gasteiger partial charge < -0.3 is 4.90 Å². The van der Waals surface area contributed by atoms with Crippen LogP contribution in [-0.2, 0) is 4.79 Å². The maximum atomic E-state index is 12.9. The summed E-state index contributed by atoms with van der Waals surface area (Å²) in [5, 5.41) is 1.58. The van der Waals surface area contributed by atoms with Gasteiger partial charge in [0, 0.05) is 17.6 Å². The van der Waals surface area contributed by atoms with Gasteiger partial charge in [0.25, 0.3) is 0 Å². The Bertz CT molecular complexity index is 833. The number of hydrogen-bond donors (Lipinski definition) is 0. The smallest absolute Gasteiger partial charge is 0.240 e. The van der Waals surface area contributed by atoms with Crippen LogP contribution in [0.4, 0.5) is 5.69 Å². The molecule has 24 heavy (non-hydrogen) atoms. The van der Waals surface area contributed by atoms with Crippen LogP contribution in [0.2, 0.25) is 0 Å². The highest BCUT2D eigenvalue weighted by atomic mass is 32.2. The summed E-state index contributed by atoms with van der Waals surface area (Å²) >= 11 is 1.48. The standard InChI is InChI=1S/C19H19N3OS/c1-3-22(15-9-5-4-6-10-15)19(23)14(2)24-18-16-11-7-8-12-17(16)20-13-21-18/h4-14H,3H2,1-2H3/t14-/m1/s1. The summed E-state index contributed by atoms with van der Waals surface area (Å²) in [5.41, 5.74) is 1.81. The van der Waals surface area contributed by atoms with Crippen molar-refractivity contribution < 1.29 is 4.79 Å². The van der Waals surface area contributed by atoms with E-state index in [1.165, 1.54) is 11.8 Å². The highest BCUT2D eigenvalue weighted by Crippen LogP contribution is 2.29. The van der Waals surface area contributed by atoms with Crippen molar-refractivity contribution in [2.45, 2.75) is 24.1 Å². The van der Waals surface area contributed by atoms with Crippen LogP contribution in [0, 0.1) is 0 Å². The first-order chi connectivity index (χ1) is 11.7. The van der Waals surface area contributed by atoms with Crippen molar-refractivity contribution in [3.8, 4) is 0 Å². The number of nitrogens with zero attached hydrogens (tertiary/aromatic N) is 3. The number of hydrogen-bond acceptors (Lipinski definition) is 4. The van der Waals surface area contributed by atoms with E-state index < -0.39 is 0 Å². The Kier molecular flexibility index (Phi) is 5.11. The lowest BCUT2D eigenvalue weighted by Gasteiger charge is -2.24. The number of anilines is 1. The third-order valence-corrected chi connectivity index (χ3v) is 4.90. The molecule has 0 aliphatic rings. The van der Waals surface area contributed by atoms with Crippen LogP contribution in [0.15, 0.2) is 66.0 Å². The largest absolute Gasteiger partial charge is 0.312 e. The van der Waals surface area contributed by atoms with E-state index in [1.54, 1.807) is 11.2 Å². The Morgan fingerprint density at radius 2 is 1.79 bits per heavy atom. The van der Waals surface area contributed by atoms with Crippen LogP contribution in [0.25, 0.3) is 10.9 Å². The zero-order valence-electron chi connectivity index (χ0n) is 13.7. The number of thioether (sulfide) groups is 1. The summed E-state index contributed by atoms with van der Waals surface area (Å²) in [6.45, 7) is 4.55. The SMILES string of the molecule is CCN(C(=O)[C@@H](C)Sc1ncnc2ccccc12)c1ccccc1. The number of rotatable bonds is 5.